The molecule has 0 amide bonds. The number of rotatable bonds is 8. The molecule has 272 valence electrons. The van der Waals surface area contributed by atoms with E-state index in [9.17, 15) is 0 Å². The normalized spacial score (nSPS) is 17.1. The maximum Gasteiger partial charge on any atom is 0.0822 e. The summed E-state index contributed by atoms with van der Waals surface area (Å²) in [5.74, 6) is 1.65. The number of fused-ring (bicyclic) bond motifs is 4. The molecule has 5 aliphatic rings. The molecule has 0 aromatic heterocycles. The van der Waals surface area contributed by atoms with Gasteiger partial charge in [0.1, 0.15) is 0 Å². The molecule has 8 bridgehead atoms. The Morgan fingerprint density at radius 1 is 0.357 bits per heavy atom. The quantitative estimate of drug-likeness (QED) is 0.159. The van der Waals surface area contributed by atoms with E-state index in [0.717, 1.165) is 112 Å². The van der Waals surface area contributed by atoms with E-state index in [1.165, 1.54) is 0 Å². The lowest BCUT2D eigenvalue weighted by atomic mass is 9.85. The van der Waals surface area contributed by atoms with Crippen LogP contribution in [0.25, 0.3) is 22.3 Å². The third-order valence-electron chi connectivity index (χ3n) is 10.1. The Morgan fingerprint density at radius 3 is 1.29 bits per heavy atom. The number of allylic oxidation sites excluding steroid dienone is 12. The lowest BCUT2D eigenvalue weighted by Crippen LogP contribution is -2.07. The predicted molar refractivity (Wildman–Crippen MR) is 238 cm³/mol. The number of alkyl halides is 4. The van der Waals surface area contributed by atoms with Crippen LogP contribution in [0, 0.1) is 0 Å². The molecular formula is C48H32Cl4N4. The average Bonchev–Trinajstić information content (AvgIpc) is 4.06. The van der Waals surface area contributed by atoms with Gasteiger partial charge in [-0.1, -0.05) is 97.1 Å². The summed E-state index contributed by atoms with van der Waals surface area (Å²) < 4.78 is 0. The van der Waals surface area contributed by atoms with E-state index < -0.39 is 0 Å². The second-order valence-electron chi connectivity index (χ2n) is 13.8. The fraction of sp³-hybridized carbons (Fsp3) is 0.0833. The molecule has 0 saturated heterocycles. The lowest BCUT2D eigenvalue weighted by molar-refractivity contribution is 1.37. The van der Waals surface area contributed by atoms with Crippen molar-refractivity contribution in [1.29, 1.82) is 0 Å². The monoisotopic (exact) mass is 804 g/mol. The SMILES string of the molecule is ClCc1ccc(C2=CC3=CC4=NC(=CC5=NC(=CC6=NC(=C(c7ccc(CCl)cc7)C2=N3)C(c2ccc(CCl)cc2)=C6c2ccc(CCl)cc2)C=C5)C=C4)cc1. The minimum absolute atomic E-state index is 0.399. The second kappa shape index (κ2) is 15.6. The van der Waals surface area contributed by atoms with Gasteiger partial charge in [-0.25, -0.2) is 20.0 Å². The minimum atomic E-state index is 0.399. The maximum atomic E-state index is 6.34. The third kappa shape index (κ3) is 7.11. The highest BCUT2D eigenvalue weighted by molar-refractivity contribution is 6.50. The summed E-state index contributed by atoms with van der Waals surface area (Å²) in [4.78, 5) is 21.0. The van der Waals surface area contributed by atoms with Gasteiger partial charge < -0.3 is 0 Å². The van der Waals surface area contributed by atoms with Gasteiger partial charge in [-0.2, -0.15) is 0 Å². The predicted octanol–water partition coefficient (Wildman–Crippen LogP) is 12.6. The molecule has 0 spiro atoms. The van der Waals surface area contributed by atoms with E-state index in [1.807, 2.05) is 36.5 Å². The smallest absolute Gasteiger partial charge is 0.0822 e. The van der Waals surface area contributed by atoms with E-state index in [-0.39, 0.29) is 0 Å². The van der Waals surface area contributed by atoms with E-state index >= 15 is 0 Å². The van der Waals surface area contributed by atoms with Crippen LogP contribution in [0.5, 0.6) is 0 Å². The summed E-state index contributed by atoms with van der Waals surface area (Å²) in [6, 6.07) is 33.5. The molecule has 4 aromatic rings. The summed E-state index contributed by atoms with van der Waals surface area (Å²) >= 11 is 25.2. The van der Waals surface area contributed by atoms with Gasteiger partial charge in [-0.3, -0.25) is 0 Å². The van der Waals surface area contributed by atoms with Crippen molar-refractivity contribution in [2.24, 2.45) is 20.0 Å². The summed E-state index contributed by atoms with van der Waals surface area (Å²) in [6.45, 7) is 0. The highest BCUT2D eigenvalue weighted by Gasteiger charge is 2.33. The molecule has 0 saturated carbocycles. The first-order valence-corrected chi connectivity index (χ1v) is 20.3. The number of benzene rings is 4. The highest BCUT2D eigenvalue weighted by atomic mass is 35.5. The van der Waals surface area contributed by atoms with Crippen LogP contribution in [0.15, 0.2) is 188 Å². The van der Waals surface area contributed by atoms with Crippen LogP contribution >= 0.6 is 46.4 Å². The number of aliphatic imine (C=N–C) groups is 4. The molecule has 0 unspecified atom stereocenters. The Balaban J connectivity index is 1.41. The van der Waals surface area contributed by atoms with E-state index in [0.29, 0.717) is 23.5 Å². The molecule has 4 nitrogen and oxygen atoms in total. The zero-order valence-corrected chi connectivity index (χ0v) is 33.0. The van der Waals surface area contributed by atoms with Crippen LogP contribution in [0.3, 0.4) is 0 Å². The number of hydrogen-bond donors (Lipinski definition) is 0. The van der Waals surface area contributed by atoms with Crippen molar-refractivity contribution in [3.63, 3.8) is 0 Å². The van der Waals surface area contributed by atoms with Crippen LogP contribution in [-0.4, -0.2) is 22.8 Å². The van der Waals surface area contributed by atoms with Crippen LogP contribution in [0.2, 0.25) is 0 Å². The molecule has 5 heterocycles. The fourth-order valence-corrected chi connectivity index (χ4v) is 7.97. The first-order valence-electron chi connectivity index (χ1n) is 18.2. The van der Waals surface area contributed by atoms with Crippen molar-refractivity contribution >= 4 is 91.5 Å². The highest BCUT2D eigenvalue weighted by Crippen LogP contribution is 2.46. The molecule has 0 N–H and O–H groups in total. The number of nitrogens with zero attached hydrogens (tertiary/aromatic N) is 4. The van der Waals surface area contributed by atoms with Gasteiger partial charge >= 0.3 is 0 Å². The Morgan fingerprint density at radius 2 is 0.786 bits per heavy atom. The van der Waals surface area contributed by atoms with Crippen LogP contribution in [-0.2, 0) is 23.5 Å². The van der Waals surface area contributed by atoms with Gasteiger partial charge in [-0.15, -0.1) is 46.4 Å². The number of hydrogen-bond acceptors (Lipinski definition) is 4. The average molecular weight is 807 g/mol. The van der Waals surface area contributed by atoms with Gasteiger partial charge in [0, 0.05) is 45.8 Å². The number of halogens is 4. The van der Waals surface area contributed by atoms with Gasteiger partial charge in [0.05, 0.1) is 45.6 Å². The first kappa shape index (κ1) is 36.3. The molecule has 0 aliphatic carbocycles. The zero-order valence-electron chi connectivity index (χ0n) is 30.0. The Bertz CT molecular complexity index is 2660. The minimum Gasteiger partial charge on any atom is -0.249 e. The largest absolute Gasteiger partial charge is 0.249 e. The summed E-state index contributed by atoms with van der Waals surface area (Å²) in [6.07, 6.45) is 16.3. The molecule has 9 rings (SSSR count). The molecule has 0 atom stereocenters. The van der Waals surface area contributed by atoms with Gasteiger partial charge in [0.2, 0.25) is 0 Å². The van der Waals surface area contributed by atoms with Crippen LogP contribution < -0.4 is 0 Å². The zero-order chi connectivity index (χ0) is 38.2. The molecule has 0 radical (unpaired) electrons. The lowest BCUT2D eigenvalue weighted by Gasteiger charge is -2.18. The standard InChI is InChI=1S/C48H32Cl4N4/c49-25-29-1-9-33(10-2-29)42-23-41-22-39-18-17-37(53-39)21-38-19-20-40(54-38)24-43-44(34-11-3-30(26-50)4-12-34)45(35-13-5-31(27-51)6-14-35)48(56-43)46(47(42)55-41)36-15-7-32(28-52)8-16-36/h1-24H,25-28H2. The van der Waals surface area contributed by atoms with Crippen molar-refractivity contribution in [3.05, 3.63) is 213 Å². The summed E-state index contributed by atoms with van der Waals surface area (Å²) in [5, 5.41) is 0. The van der Waals surface area contributed by atoms with E-state index in [1.54, 1.807) is 0 Å². The third-order valence-corrected chi connectivity index (χ3v) is 11.3. The molecule has 4 aromatic carbocycles. The Kier molecular flexibility index (Phi) is 10.1. The van der Waals surface area contributed by atoms with Crippen molar-refractivity contribution in [2.45, 2.75) is 23.5 Å². The molecular weight excluding hydrogens is 774 g/mol. The van der Waals surface area contributed by atoms with Gasteiger partial charge in [-0.05, 0) is 93.1 Å². The maximum absolute atomic E-state index is 6.34. The van der Waals surface area contributed by atoms with E-state index in [2.05, 4.69) is 109 Å². The molecule has 8 heteroatoms. The van der Waals surface area contributed by atoms with Crippen LogP contribution in [0.4, 0.5) is 0 Å². The van der Waals surface area contributed by atoms with Gasteiger partial charge in [0.15, 0.2) is 0 Å². The topological polar surface area (TPSA) is 49.4 Å². The Hall–Kier alpha value is -5.36. The van der Waals surface area contributed by atoms with Crippen molar-refractivity contribution < 1.29 is 0 Å². The Labute approximate surface area is 346 Å². The van der Waals surface area contributed by atoms with Crippen molar-refractivity contribution in [3.8, 4) is 0 Å². The van der Waals surface area contributed by atoms with Gasteiger partial charge in [0.25, 0.3) is 0 Å². The van der Waals surface area contributed by atoms with Crippen molar-refractivity contribution in [1.82, 2.24) is 0 Å². The van der Waals surface area contributed by atoms with Crippen LogP contribution in [0.1, 0.15) is 44.5 Å². The van der Waals surface area contributed by atoms with E-state index in [4.69, 9.17) is 66.4 Å². The molecule has 0 fully saturated rings. The molecule has 56 heavy (non-hydrogen) atoms. The summed E-state index contributed by atoms with van der Waals surface area (Å²) in [5.41, 5.74) is 18.2. The summed E-state index contributed by atoms with van der Waals surface area (Å²) in [7, 11) is 0. The first-order chi connectivity index (χ1) is 27.5. The molecule has 5 aliphatic heterocycles. The van der Waals surface area contributed by atoms with Crippen molar-refractivity contribution in [2.75, 3.05) is 0 Å². The second-order valence-corrected chi connectivity index (χ2v) is 14.8. The fourth-order valence-electron chi connectivity index (χ4n) is 7.25.